The Morgan fingerprint density at radius 2 is 1.06 bits per heavy atom. The van der Waals surface area contributed by atoms with Crippen LogP contribution < -0.4 is 0 Å². The van der Waals surface area contributed by atoms with Crippen molar-refractivity contribution in [1.82, 2.24) is 19.5 Å². The van der Waals surface area contributed by atoms with Gasteiger partial charge in [-0.15, -0.1) is 0 Å². The minimum atomic E-state index is -4.44. The molecule has 2 aromatic heterocycles. The van der Waals surface area contributed by atoms with E-state index < -0.39 is 11.7 Å². The first-order valence-electron chi connectivity index (χ1n) is 15.5. The molecule has 0 saturated carbocycles. The molecule has 2 heterocycles. The van der Waals surface area contributed by atoms with Crippen LogP contribution in [-0.2, 0) is 6.18 Å². The van der Waals surface area contributed by atoms with Gasteiger partial charge in [-0.25, -0.2) is 15.0 Å². The molecular weight excluding hydrogens is 605 g/mol. The lowest BCUT2D eigenvalue weighted by molar-refractivity contribution is -0.137. The van der Waals surface area contributed by atoms with Crippen LogP contribution in [0.3, 0.4) is 0 Å². The SMILES string of the molecule is Cc1ccc2c3ccccc3n(-c3ccc(-c4ccc(C(F)(F)F)cc4)c(-c4nc(-c5ccccc5)nc(-c5ccccc5)n4)c3)c2c1. The Kier molecular flexibility index (Phi) is 7.10. The van der Waals surface area contributed by atoms with Crippen molar-refractivity contribution in [1.29, 1.82) is 0 Å². The number of hydrogen-bond acceptors (Lipinski definition) is 3. The van der Waals surface area contributed by atoms with Crippen LogP contribution >= 0.6 is 0 Å². The molecule has 8 aromatic rings. The number of aromatic nitrogens is 4. The molecule has 0 aliphatic rings. The molecule has 0 atom stereocenters. The molecule has 0 saturated heterocycles. The highest BCUT2D eigenvalue weighted by Crippen LogP contribution is 2.39. The zero-order valence-electron chi connectivity index (χ0n) is 25.8. The van der Waals surface area contributed by atoms with Crippen molar-refractivity contribution < 1.29 is 13.2 Å². The molecule has 0 N–H and O–H groups in total. The number of halogens is 3. The Morgan fingerprint density at radius 3 is 1.71 bits per heavy atom. The molecular formula is C41H27F3N4. The number of nitrogens with zero attached hydrogens (tertiary/aromatic N) is 4. The van der Waals surface area contributed by atoms with Crippen molar-refractivity contribution in [3.63, 3.8) is 0 Å². The average molecular weight is 633 g/mol. The maximum absolute atomic E-state index is 13.5. The number of benzene rings is 6. The fraction of sp³-hybridized carbons (Fsp3) is 0.0488. The van der Waals surface area contributed by atoms with Crippen LogP contribution in [-0.4, -0.2) is 19.5 Å². The van der Waals surface area contributed by atoms with Crippen LogP contribution in [0.25, 0.3) is 72.8 Å². The molecule has 0 unspecified atom stereocenters. The van der Waals surface area contributed by atoms with Gasteiger partial charge in [0.1, 0.15) is 0 Å². The molecule has 7 heteroatoms. The van der Waals surface area contributed by atoms with E-state index >= 15 is 0 Å². The number of hydrogen-bond donors (Lipinski definition) is 0. The second-order valence-corrected chi connectivity index (χ2v) is 11.7. The van der Waals surface area contributed by atoms with Crippen LogP contribution in [0, 0.1) is 6.92 Å². The summed E-state index contributed by atoms with van der Waals surface area (Å²) in [7, 11) is 0. The Labute approximate surface area is 274 Å². The zero-order valence-corrected chi connectivity index (χ0v) is 25.8. The summed E-state index contributed by atoms with van der Waals surface area (Å²) in [5.74, 6) is 1.41. The monoisotopic (exact) mass is 632 g/mol. The van der Waals surface area contributed by atoms with Gasteiger partial charge in [0.05, 0.1) is 16.6 Å². The third-order valence-corrected chi connectivity index (χ3v) is 8.55. The third kappa shape index (κ3) is 5.29. The third-order valence-electron chi connectivity index (χ3n) is 8.55. The number of aryl methyl sites for hydroxylation is 1. The first-order valence-corrected chi connectivity index (χ1v) is 15.5. The maximum Gasteiger partial charge on any atom is 0.416 e. The first-order chi connectivity index (χ1) is 23.3. The second-order valence-electron chi connectivity index (χ2n) is 11.7. The number of fused-ring (bicyclic) bond motifs is 3. The van der Waals surface area contributed by atoms with Gasteiger partial charge in [0.15, 0.2) is 17.5 Å². The molecule has 0 fully saturated rings. The highest BCUT2D eigenvalue weighted by atomic mass is 19.4. The summed E-state index contributed by atoms with van der Waals surface area (Å²) in [5.41, 5.74) is 7.02. The van der Waals surface area contributed by atoms with Gasteiger partial charge in [0.25, 0.3) is 0 Å². The molecule has 0 aliphatic heterocycles. The molecule has 0 aliphatic carbocycles. The topological polar surface area (TPSA) is 43.6 Å². The van der Waals surface area contributed by atoms with Crippen LogP contribution in [0.1, 0.15) is 11.1 Å². The Hall–Kier alpha value is -6.08. The van der Waals surface area contributed by atoms with Gasteiger partial charge in [0, 0.05) is 33.2 Å². The Bertz CT molecular complexity index is 2370. The lowest BCUT2D eigenvalue weighted by atomic mass is 9.97. The number of alkyl halides is 3. The second kappa shape index (κ2) is 11.6. The largest absolute Gasteiger partial charge is 0.416 e. The van der Waals surface area contributed by atoms with Crippen LogP contribution in [0.15, 0.2) is 146 Å². The van der Waals surface area contributed by atoms with E-state index in [1.54, 1.807) is 0 Å². The van der Waals surface area contributed by atoms with Gasteiger partial charge in [-0.3, -0.25) is 0 Å². The summed E-state index contributed by atoms with van der Waals surface area (Å²) >= 11 is 0. The van der Waals surface area contributed by atoms with E-state index in [0.29, 0.717) is 34.2 Å². The quantitative estimate of drug-likeness (QED) is 0.190. The molecule has 0 amide bonds. The zero-order chi connectivity index (χ0) is 32.8. The lowest BCUT2D eigenvalue weighted by Gasteiger charge is -2.16. The fourth-order valence-electron chi connectivity index (χ4n) is 6.23. The van der Waals surface area contributed by atoms with Crippen LogP contribution in [0.2, 0.25) is 0 Å². The summed E-state index contributed by atoms with van der Waals surface area (Å²) in [6.45, 7) is 2.07. The minimum absolute atomic E-state index is 0.413. The standard InChI is InChI=1S/C41H27F3N4/c1-26-16-22-34-33-14-8-9-15-36(33)48(37(34)24-26)31-21-23-32(27-17-19-30(20-18-27)41(42,43)44)35(25-31)40-46-38(28-10-4-2-5-11-28)45-39(47-40)29-12-6-3-7-13-29/h2-25H,1H3. The first kappa shape index (κ1) is 29.3. The van der Waals surface area contributed by atoms with Gasteiger partial charge in [-0.2, -0.15) is 13.2 Å². The van der Waals surface area contributed by atoms with E-state index in [9.17, 15) is 13.2 Å². The van der Waals surface area contributed by atoms with Crippen molar-refractivity contribution in [2.24, 2.45) is 0 Å². The predicted octanol–water partition coefficient (Wildman–Crippen LogP) is 11.0. The number of rotatable bonds is 5. The molecule has 232 valence electrons. The van der Waals surface area contributed by atoms with E-state index in [0.717, 1.165) is 56.3 Å². The minimum Gasteiger partial charge on any atom is -0.309 e. The molecule has 0 bridgehead atoms. The highest BCUT2D eigenvalue weighted by molar-refractivity contribution is 6.09. The molecule has 8 rings (SSSR count). The van der Waals surface area contributed by atoms with Crippen molar-refractivity contribution >= 4 is 21.8 Å². The van der Waals surface area contributed by atoms with Crippen LogP contribution in [0.4, 0.5) is 13.2 Å². The van der Waals surface area contributed by atoms with E-state index in [2.05, 4.69) is 41.8 Å². The van der Waals surface area contributed by atoms with Crippen molar-refractivity contribution in [3.8, 4) is 51.0 Å². The van der Waals surface area contributed by atoms with Crippen molar-refractivity contribution in [2.75, 3.05) is 0 Å². The van der Waals surface area contributed by atoms with E-state index in [4.69, 9.17) is 15.0 Å². The summed E-state index contributed by atoms with van der Waals surface area (Å²) in [6.07, 6.45) is -4.44. The Morgan fingerprint density at radius 1 is 0.479 bits per heavy atom. The molecule has 6 aromatic carbocycles. The highest BCUT2D eigenvalue weighted by Gasteiger charge is 2.30. The van der Waals surface area contributed by atoms with E-state index in [1.165, 1.54) is 12.1 Å². The van der Waals surface area contributed by atoms with Gasteiger partial charge >= 0.3 is 6.18 Å². The average Bonchev–Trinajstić information content (AvgIpc) is 3.45. The molecule has 0 spiro atoms. The summed E-state index contributed by atoms with van der Waals surface area (Å²) in [4.78, 5) is 14.8. The summed E-state index contributed by atoms with van der Waals surface area (Å²) in [5, 5.41) is 2.25. The molecule has 48 heavy (non-hydrogen) atoms. The number of para-hydroxylation sites is 1. The summed E-state index contributed by atoms with van der Waals surface area (Å²) in [6, 6.07) is 45.3. The van der Waals surface area contributed by atoms with E-state index in [-0.39, 0.29) is 0 Å². The van der Waals surface area contributed by atoms with Gasteiger partial charge in [-0.1, -0.05) is 109 Å². The van der Waals surface area contributed by atoms with Gasteiger partial charge in [-0.05, 0) is 60.0 Å². The van der Waals surface area contributed by atoms with Crippen molar-refractivity contribution in [2.45, 2.75) is 13.1 Å². The summed E-state index contributed by atoms with van der Waals surface area (Å²) < 4.78 is 42.8. The maximum atomic E-state index is 13.5. The van der Waals surface area contributed by atoms with Crippen LogP contribution in [0.5, 0.6) is 0 Å². The van der Waals surface area contributed by atoms with E-state index in [1.807, 2.05) is 91.0 Å². The lowest BCUT2D eigenvalue weighted by Crippen LogP contribution is -2.04. The fourth-order valence-corrected chi connectivity index (χ4v) is 6.23. The van der Waals surface area contributed by atoms with Gasteiger partial charge in [0.2, 0.25) is 0 Å². The smallest absolute Gasteiger partial charge is 0.309 e. The van der Waals surface area contributed by atoms with Crippen molar-refractivity contribution in [3.05, 3.63) is 157 Å². The molecule has 0 radical (unpaired) electrons. The molecule has 4 nitrogen and oxygen atoms in total. The predicted molar refractivity (Wildman–Crippen MR) is 186 cm³/mol. The Balaban J connectivity index is 1.42. The van der Waals surface area contributed by atoms with Gasteiger partial charge < -0.3 is 4.57 Å². The normalized spacial score (nSPS) is 11.8.